The number of anilines is 1. The summed E-state index contributed by atoms with van der Waals surface area (Å²) in [6.07, 6.45) is 10.1. The third kappa shape index (κ3) is 3.97. The van der Waals surface area contributed by atoms with Gasteiger partial charge in [-0.1, -0.05) is 6.07 Å². The molecule has 3 aromatic rings. The van der Waals surface area contributed by atoms with Gasteiger partial charge in [0.2, 0.25) is 5.91 Å². The Morgan fingerprint density at radius 3 is 2.77 bits per heavy atom. The first-order chi connectivity index (χ1) is 14.8. The molecule has 4 heterocycles. The fourth-order valence-electron chi connectivity index (χ4n) is 4.75. The van der Waals surface area contributed by atoms with Crippen LogP contribution in [0.1, 0.15) is 30.5 Å². The maximum absolute atomic E-state index is 12.5. The van der Waals surface area contributed by atoms with Crippen molar-refractivity contribution in [2.45, 2.75) is 32.1 Å². The highest BCUT2D eigenvalue weighted by molar-refractivity contribution is 5.76. The predicted octanol–water partition coefficient (Wildman–Crippen LogP) is 3.03. The molecule has 0 radical (unpaired) electrons. The van der Waals surface area contributed by atoms with Gasteiger partial charge in [0.25, 0.3) is 0 Å². The van der Waals surface area contributed by atoms with E-state index in [-0.39, 0.29) is 5.91 Å². The second-order valence-electron chi connectivity index (χ2n) is 8.43. The lowest BCUT2D eigenvalue weighted by Gasteiger charge is -2.34. The molecule has 0 saturated carbocycles. The minimum atomic E-state index is 0.265. The molecule has 2 N–H and O–H groups in total. The molecule has 1 amide bonds. The molecule has 2 aliphatic rings. The molecule has 0 bridgehead atoms. The number of likely N-dealkylation sites (tertiary alicyclic amines) is 1. The van der Waals surface area contributed by atoms with Crippen molar-refractivity contribution in [2.75, 3.05) is 31.1 Å². The van der Waals surface area contributed by atoms with E-state index in [4.69, 9.17) is 0 Å². The number of fused-ring (bicyclic) bond motifs is 1. The zero-order chi connectivity index (χ0) is 20.3. The van der Waals surface area contributed by atoms with Crippen LogP contribution in [0, 0.1) is 5.92 Å². The van der Waals surface area contributed by atoms with Crippen LogP contribution in [-0.4, -0.2) is 57.4 Å². The summed E-state index contributed by atoms with van der Waals surface area (Å²) >= 11 is 0. The molecule has 1 fully saturated rings. The van der Waals surface area contributed by atoms with Crippen molar-refractivity contribution in [3.8, 4) is 11.1 Å². The molecule has 30 heavy (non-hydrogen) atoms. The first-order valence-corrected chi connectivity index (χ1v) is 10.9. The van der Waals surface area contributed by atoms with Crippen LogP contribution in [0.25, 0.3) is 11.1 Å². The van der Waals surface area contributed by atoms with Crippen LogP contribution < -0.4 is 4.90 Å². The fraction of sp³-hybridized carbons (Fsp3) is 0.435. The summed E-state index contributed by atoms with van der Waals surface area (Å²) < 4.78 is 0. The standard InChI is InChI=1S/C23H28N6O/c30-23(4-2-21-5-9-24-27-21)28-10-6-17(7-11-28)16-29-12-8-19-13-18(1-3-22(19)29)20-14-25-26-15-20/h1,3,5,9,13-15,17H,2,4,6-8,10-12,16H2,(H,24,27)(H,25,26). The van der Waals surface area contributed by atoms with Gasteiger partial charge in [0.15, 0.2) is 0 Å². The second-order valence-corrected chi connectivity index (χ2v) is 8.43. The quantitative estimate of drug-likeness (QED) is 0.662. The number of carbonyl (C=O) groups is 1. The summed E-state index contributed by atoms with van der Waals surface area (Å²) in [4.78, 5) is 17.1. The Kier molecular flexibility index (Phi) is 5.26. The van der Waals surface area contributed by atoms with Crippen molar-refractivity contribution in [3.05, 3.63) is 54.1 Å². The van der Waals surface area contributed by atoms with Crippen LogP contribution in [0.15, 0.2) is 42.9 Å². The van der Waals surface area contributed by atoms with Crippen molar-refractivity contribution in [1.29, 1.82) is 0 Å². The third-order valence-corrected chi connectivity index (χ3v) is 6.52. The van der Waals surface area contributed by atoms with E-state index in [1.165, 1.54) is 16.8 Å². The van der Waals surface area contributed by atoms with Crippen molar-refractivity contribution in [2.24, 2.45) is 5.92 Å². The Morgan fingerprint density at radius 2 is 2.00 bits per heavy atom. The summed E-state index contributed by atoms with van der Waals surface area (Å²) in [7, 11) is 0. The number of benzene rings is 1. The number of aryl methyl sites for hydroxylation is 1. The summed E-state index contributed by atoms with van der Waals surface area (Å²) in [5.41, 5.74) is 6.20. The maximum atomic E-state index is 12.5. The molecule has 0 aliphatic carbocycles. The Hall–Kier alpha value is -3.09. The zero-order valence-corrected chi connectivity index (χ0v) is 17.2. The number of nitrogens with one attached hydrogen (secondary N) is 2. The molecule has 7 heteroatoms. The van der Waals surface area contributed by atoms with Crippen LogP contribution >= 0.6 is 0 Å². The van der Waals surface area contributed by atoms with Gasteiger partial charge >= 0.3 is 0 Å². The number of aromatic nitrogens is 4. The van der Waals surface area contributed by atoms with E-state index in [1.807, 2.05) is 23.4 Å². The lowest BCUT2D eigenvalue weighted by molar-refractivity contribution is -0.132. The number of hydrogen-bond donors (Lipinski definition) is 2. The fourth-order valence-corrected chi connectivity index (χ4v) is 4.75. The van der Waals surface area contributed by atoms with E-state index in [0.29, 0.717) is 12.3 Å². The Balaban J connectivity index is 1.13. The molecular weight excluding hydrogens is 376 g/mol. The van der Waals surface area contributed by atoms with Crippen LogP contribution in [0.5, 0.6) is 0 Å². The number of rotatable bonds is 6. The topological polar surface area (TPSA) is 80.9 Å². The second kappa shape index (κ2) is 8.34. The van der Waals surface area contributed by atoms with Gasteiger partial charge in [0.1, 0.15) is 0 Å². The highest BCUT2D eigenvalue weighted by Gasteiger charge is 2.27. The average Bonchev–Trinajstić information content (AvgIpc) is 3.54. The van der Waals surface area contributed by atoms with Crippen LogP contribution in [0.4, 0.5) is 5.69 Å². The average molecular weight is 405 g/mol. The van der Waals surface area contributed by atoms with Crippen molar-refractivity contribution < 1.29 is 4.79 Å². The number of H-pyrrole nitrogens is 2. The van der Waals surface area contributed by atoms with E-state index in [1.54, 1.807) is 6.20 Å². The minimum absolute atomic E-state index is 0.265. The minimum Gasteiger partial charge on any atom is -0.371 e. The number of amides is 1. The van der Waals surface area contributed by atoms with Crippen molar-refractivity contribution >= 4 is 11.6 Å². The van der Waals surface area contributed by atoms with Crippen LogP contribution in [-0.2, 0) is 17.6 Å². The molecule has 0 atom stereocenters. The van der Waals surface area contributed by atoms with Gasteiger partial charge in [0, 0.05) is 61.9 Å². The molecule has 0 unspecified atom stereocenters. The van der Waals surface area contributed by atoms with Gasteiger partial charge in [-0.2, -0.15) is 10.2 Å². The summed E-state index contributed by atoms with van der Waals surface area (Å²) in [5, 5.41) is 13.8. The first kappa shape index (κ1) is 18.9. The molecular formula is C23H28N6O. The Bertz CT molecular complexity index is 973. The molecule has 1 saturated heterocycles. The van der Waals surface area contributed by atoms with Crippen LogP contribution in [0.2, 0.25) is 0 Å². The van der Waals surface area contributed by atoms with Gasteiger partial charge in [-0.3, -0.25) is 15.0 Å². The Labute approximate surface area is 176 Å². The highest BCUT2D eigenvalue weighted by Crippen LogP contribution is 2.33. The molecule has 2 aliphatic heterocycles. The van der Waals surface area contributed by atoms with E-state index in [0.717, 1.165) is 63.1 Å². The molecule has 5 rings (SSSR count). The number of aromatic amines is 2. The van der Waals surface area contributed by atoms with E-state index in [9.17, 15) is 4.79 Å². The maximum Gasteiger partial charge on any atom is 0.222 e. The SMILES string of the molecule is O=C(CCc1ccn[nH]1)N1CCC(CN2CCc3cc(-c4cn[nH]c4)ccc32)CC1. The smallest absolute Gasteiger partial charge is 0.222 e. The molecule has 156 valence electrons. The van der Waals surface area contributed by atoms with Crippen molar-refractivity contribution in [3.63, 3.8) is 0 Å². The molecule has 1 aromatic carbocycles. The number of carbonyl (C=O) groups excluding carboxylic acids is 1. The third-order valence-electron chi connectivity index (χ3n) is 6.52. The van der Waals surface area contributed by atoms with Crippen LogP contribution in [0.3, 0.4) is 0 Å². The number of hydrogen-bond acceptors (Lipinski definition) is 4. The van der Waals surface area contributed by atoms with Gasteiger partial charge < -0.3 is 9.80 Å². The van der Waals surface area contributed by atoms with E-state index < -0.39 is 0 Å². The number of nitrogens with zero attached hydrogens (tertiary/aromatic N) is 4. The molecule has 0 spiro atoms. The zero-order valence-electron chi connectivity index (χ0n) is 17.2. The normalized spacial score (nSPS) is 16.8. The van der Waals surface area contributed by atoms with Crippen molar-refractivity contribution in [1.82, 2.24) is 25.3 Å². The lowest BCUT2D eigenvalue weighted by Crippen LogP contribution is -2.41. The lowest BCUT2D eigenvalue weighted by atomic mass is 9.95. The Morgan fingerprint density at radius 1 is 1.10 bits per heavy atom. The van der Waals surface area contributed by atoms with Gasteiger partial charge in [-0.15, -0.1) is 0 Å². The van der Waals surface area contributed by atoms with Gasteiger partial charge in [-0.25, -0.2) is 0 Å². The molecule has 7 nitrogen and oxygen atoms in total. The molecule has 2 aromatic heterocycles. The van der Waals surface area contributed by atoms with Gasteiger partial charge in [0.05, 0.1) is 6.20 Å². The highest BCUT2D eigenvalue weighted by atomic mass is 16.2. The summed E-state index contributed by atoms with van der Waals surface area (Å²) in [6, 6.07) is 8.70. The first-order valence-electron chi connectivity index (χ1n) is 10.9. The summed E-state index contributed by atoms with van der Waals surface area (Å²) in [5.74, 6) is 0.919. The van der Waals surface area contributed by atoms with E-state index in [2.05, 4.69) is 43.5 Å². The van der Waals surface area contributed by atoms with Gasteiger partial charge in [-0.05, 0) is 60.9 Å². The largest absolute Gasteiger partial charge is 0.371 e. The predicted molar refractivity (Wildman–Crippen MR) is 116 cm³/mol. The monoisotopic (exact) mass is 404 g/mol. The van der Waals surface area contributed by atoms with E-state index >= 15 is 0 Å². The summed E-state index contributed by atoms with van der Waals surface area (Å²) in [6.45, 7) is 3.95. The number of piperidine rings is 1.